The fourth-order valence-corrected chi connectivity index (χ4v) is 2.96. The number of hydrogen-bond donors (Lipinski definition) is 2. The number of aromatic amines is 1. The van der Waals surface area contributed by atoms with Crippen LogP contribution < -0.4 is 5.32 Å². The Morgan fingerprint density at radius 1 is 1.42 bits per heavy atom. The van der Waals surface area contributed by atoms with Gasteiger partial charge in [-0.15, -0.1) is 5.10 Å². The molecule has 1 fully saturated rings. The molecule has 2 N–H and O–H groups in total. The standard InChI is InChI=1S/C17H19N5O2/c23-17(19-9-14-2-1-7-24-14)11-22-10-16(20-21-22)12-3-4-15-13(8-12)5-6-18-15/h3-6,8,10,14,18H,1-2,7,9,11H2,(H,19,23). The molecule has 1 amide bonds. The van der Waals surface area contributed by atoms with Gasteiger partial charge in [-0.05, 0) is 31.0 Å². The lowest BCUT2D eigenvalue weighted by Crippen LogP contribution is -2.34. The van der Waals surface area contributed by atoms with Gasteiger partial charge in [-0.2, -0.15) is 0 Å². The van der Waals surface area contributed by atoms with Crippen molar-refractivity contribution in [3.8, 4) is 11.3 Å². The minimum absolute atomic E-state index is 0.0805. The number of carbonyl (C=O) groups excluding carboxylic acids is 1. The summed E-state index contributed by atoms with van der Waals surface area (Å²) < 4.78 is 7.05. The summed E-state index contributed by atoms with van der Waals surface area (Å²) in [6.07, 6.45) is 5.92. The zero-order valence-corrected chi connectivity index (χ0v) is 13.2. The van der Waals surface area contributed by atoms with Gasteiger partial charge in [0.25, 0.3) is 0 Å². The lowest BCUT2D eigenvalue weighted by molar-refractivity contribution is -0.122. The van der Waals surface area contributed by atoms with Crippen LogP contribution >= 0.6 is 0 Å². The van der Waals surface area contributed by atoms with Gasteiger partial charge in [0.1, 0.15) is 12.2 Å². The van der Waals surface area contributed by atoms with Crippen molar-refractivity contribution in [1.82, 2.24) is 25.3 Å². The van der Waals surface area contributed by atoms with E-state index in [1.807, 2.05) is 24.4 Å². The Morgan fingerprint density at radius 3 is 3.25 bits per heavy atom. The molecule has 4 rings (SSSR count). The number of ether oxygens (including phenoxy) is 1. The van der Waals surface area contributed by atoms with Crippen LogP contribution in [0.2, 0.25) is 0 Å². The summed E-state index contributed by atoms with van der Waals surface area (Å²) in [6, 6.07) is 8.07. The van der Waals surface area contributed by atoms with Crippen molar-refractivity contribution in [2.75, 3.05) is 13.2 Å². The second kappa shape index (κ2) is 6.45. The van der Waals surface area contributed by atoms with Crippen molar-refractivity contribution in [3.05, 3.63) is 36.7 Å². The van der Waals surface area contributed by atoms with Crippen LogP contribution in [0.4, 0.5) is 0 Å². The summed E-state index contributed by atoms with van der Waals surface area (Å²) in [4.78, 5) is 15.2. The molecule has 1 saturated heterocycles. The molecule has 1 aliphatic heterocycles. The molecule has 1 aliphatic rings. The number of hydrogen-bond acceptors (Lipinski definition) is 4. The maximum Gasteiger partial charge on any atom is 0.241 e. The number of benzene rings is 1. The maximum absolute atomic E-state index is 12.0. The van der Waals surface area contributed by atoms with E-state index in [0.717, 1.165) is 41.6 Å². The van der Waals surface area contributed by atoms with Crippen molar-refractivity contribution >= 4 is 16.8 Å². The van der Waals surface area contributed by atoms with Gasteiger partial charge >= 0.3 is 0 Å². The van der Waals surface area contributed by atoms with Gasteiger partial charge < -0.3 is 15.0 Å². The fraction of sp³-hybridized carbons (Fsp3) is 0.353. The van der Waals surface area contributed by atoms with E-state index in [-0.39, 0.29) is 18.6 Å². The lowest BCUT2D eigenvalue weighted by atomic mass is 10.1. The minimum Gasteiger partial charge on any atom is -0.376 e. The van der Waals surface area contributed by atoms with E-state index in [4.69, 9.17) is 4.74 Å². The average Bonchev–Trinajstić information content (AvgIpc) is 3.33. The molecule has 3 aromatic rings. The number of nitrogens with zero attached hydrogens (tertiary/aromatic N) is 3. The van der Waals surface area contributed by atoms with Gasteiger partial charge in [-0.3, -0.25) is 4.79 Å². The highest BCUT2D eigenvalue weighted by molar-refractivity contribution is 5.84. The molecule has 0 radical (unpaired) electrons. The number of amides is 1. The van der Waals surface area contributed by atoms with Crippen molar-refractivity contribution in [2.24, 2.45) is 0 Å². The Kier molecular flexibility index (Phi) is 4.00. The Bertz CT molecular complexity index is 847. The molecule has 0 spiro atoms. The zero-order valence-electron chi connectivity index (χ0n) is 13.2. The van der Waals surface area contributed by atoms with E-state index in [9.17, 15) is 4.79 Å². The third-order valence-corrected chi connectivity index (χ3v) is 4.24. The Morgan fingerprint density at radius 2 is 2.38 bits per heavy atom. The number of rotatable bonds is 5. The van der Waals surface area contributed by atoms with Crippen LogP contribution in [0.3, 0.4) is 0 Å². The summed E-state index contributed by atoms with van der Waals surface area (Å²) in [7, 11) is 0. The third kappa shape index (κ3) is 3.16. The molecule has 1 aromatic carbocycles. The summed E-state index contributed by atoms with van der Waals surface area (Å²) in [6.45, 7) is 1.51. The van der Waals surface area contributed by atoms with Crippen molar-refractivity contribution in [1.29, 1.82) is 0 Å². The van der Waals surface area contributed by atoms with E-state index in [1.165, 1.54) is 0 Å². The van der Waals surface area contributed by atoms with Crippen molar-refractivity contribution < 1.29 is 9.53 Å². The fourth-order valence-electron chi connectivity index (χ4n) is 2.96. The van der Waals surface area contributed by atoms with E-state index < -0.39 is 0 Å². The molecule has 1 unspecified atom stereocenters. The highest BCUT2D eigenvalue weighted by Gasteiger charge is 2.16. The van der Waals surface area contributed by atoms with Crippen LogP contribution in [0.1, 0.15) is 12.8 Å². The topological polar surface area (TPSA) is 84.8 Å². The van der Waals surface area contributed by atoms with Crippen LogP contribution in [0, 0.1) is 0 Å². The van der Waals surface area contributed by atoms with Crippen LogP contribution in [-0.4, -0.2) is 45.1 Å². The number of aromatic nitrogens is 4. The van der Waals surface area contributed by atoms with Crippen molar-refractivity contribution in [3.63, 3.8) is 0 Å². The first kappa shape index (κ1) is 14.9. The summed E-state index contributed by atoms with van der Waals surface area (Å²) in [5.41, 5.74) is 2.82. The van der Waals surface area contributed by atoms with E-state index in [2.05, 4.69) is 26.7 Å². The highest BCUT2D eigenvalue weighted by atomic mass is 16.5. The maximum atomic E-state index is 12.0. The number of H-pyrrole nitrogens is 1. The average molecular weight is 325 g/mol. The molecule has 0 aliphatic carbocycles. The zero-order chi connectivity index (χ0) is 16.4. The molecule has 7 nitrogen and oxygen atoms in total. The number of carbonyl (C=O) groups is 1. The van der Waals surface area contributed by atoms with Gasteiger partial charge in [-0.25, -0.2) is 4.68 Å². The van der Waals surface area contributed by atoms with Gasteiger partial charge in [0, 0.05) is 35.8 Å². The van der Waals surface area contributed by atoms with Gasteiger partial charge in [0.2, 0.25) is 5.91 Å². The summed E-state index contributed by atoms with van der Waals surface area (Å²) in [5.74, 6) is -0.0805. The quantitative estimate of drug-likeness (QED) is 0.748. The largest absolute Gasteiger partial charge is 0.376 e. The smallest absolute Gasteiger partial charge is 0.241 e. The minimum atomic E-state index is -0.0805. The Labute approximate surface area is 139 Å². The van der Waals surface area contributed by atoms with Gasteiger partial charge in [0.15, 0.2) is 0 Å². The molecule has 24 heavy (non-hydrogen) atoms. The van der Waals surface area contributed by atoms with Crippen molar-refractivity contribution in [2.45, 2.75) is 25.5 Å². The molecule has 1 atom stereocenters. The molecular formula is C17H19N5O2. The first-order chi connectivity index (χ1) is 11.8. The number of fused-ring (bicyclic) bond motifs is 1. The molecule has 7 heteroatoms. The summed E-state index contributed by atoms with van der Waals surface area (Å²) >= 11 is 0. The Balaban J connectivity index is 1.39. The van der Waals surface area contributed by atoms with Gasteiger partial charge in [0.05, 0.1) is 12.3 Å². The predicted molar refractivity (Wildman–Crippen MR) is 89.3 cm³/mol. The van der Waals surface area contributed by atoms with E-state index in [0.29, 0.717) is 6.54 Å². The normalized spacial score (nSPS) is 17.4. The summed E-state index contributed by atoms with van der Waals surface area (Å²) in [5, 5.41) is 12.2. The lowest BCUT2D eigenvalue weighted by Gasteiger charge is -2.10. The Hall–Kier alpha value is -2.67. The van der Waals surface area contributed by atoms with Crippen LogP contribution in [0.25, 0.3) is 22.2 Å². The molecular weight excluding hydrogens is 306 g/mol. The van der Waals surface area contributed by atoms with Gasteiger partial charge in [-0.1, -0.05) is 11.3 Å². The van der Waals surface area contributed by atoms with Crippen LogP contribution in [-0.2, 0) is 16.1 Å². The van der Waals surface area contributed by atoms with Crippen LogP contribution in [0.5, 0.6) is 0 Å². The van der Waals surface area contributed by atoms with Crippen LogP contribution in [0.15, 0.2) is 36.7 Å². The van der Waals surface area contributed by atoms with E-state index >= 15 is 0 Å². The SMILES string of the molecule is O=C(Cn1cc(-c2ccc3[nH]ccc3c2)nn1)NCC1CCCO1. The first-order valence-corrected chi connectivity index (χ1v) is 8.14. The second-order valence-electron chi connectivity index (χ2n) is 6.02. The number of nitrogens with one attached hydrogen (secondary N) is 2. The monoisotopic (exact) mass is 325 g/mol. The highest BCUT2D eigenvalue weighted by Crippen LogP contribution is 2.21. The molecule has 0 saturated carbocycles. The molecule has 0 bridgehead atoms. The predicted octanol–water partition coefficient (Wildman–Crippen LogP) is 1.72. The molecule has 124 valence electrons. The molecule has 3 heterocycles. The first-order valence-electron chi connectivity index (χ1n) is 8.14. The second-order valence-corrected chi connectivity index (χ2v) is 6.02. The van der Waals surface area contributed by atoms with E-state index in [1.54, 1.807) is 10.9 Å². The molecule has 2 aromatic heterocycles. The third-order valence-electron chi connectivity index (χ3n) is 4.24.